The van der Waals surface area contributed by atoms with Gasteiger partial charge in [0.05, 0.1) is 0 Å². The van der Waals surface area contributed by atoms with E-state index in [0.29, 0.717) is 18.5 Å². The van der Waals surface area contributed by atoms with Crippen LogP contribution in [-0.4, -0.2) is 23.2 Å². The van der Waals surface area contributed by atoms with Crippen molar-refractivity contribution in [1.82, 2.24) is 10.3 Å². The molecule has 0 spiro atoms. The lowest BCUT2D eigenvalue weighted by molar-refractivity contribution is 0.0585. The molecule has 1 unspecified atom stereocenters. The Kier molecular flexibility index (Phi) is 1.94. The summed E-state index contributed by atoms with van der Waals surface area (Å²) in [5.41, 5.74) is -0.326. The third-order valence-corrected chi connectivity index (χ3v) is 2.45. The van der Waals surface area contributed by atoms with Crippen LogP contribution in [0.2, 0.25) is 0 Å². The highest BCUT2D eigenvalue weighted by Crippen LogP contribution is 2.25. The third kappa shape index (κ3) is 1.50. The fraction of sp³-hybridized carbons (Fsp3) is 0.444. The van der Waals surface area contributed by atoms with Crippen LogP contribution in [-0.2, 0) is 5.60 Å². The summed E-state index contributed by atoms with van der Waals surface area (Å²) in [6, 6.07) is 3.20. The normalized spacial score (nSPS) is 27.8. The lowest BCUT2D eigenvalue weighted by Gasteiger charge is -2.20. The molecular weight excluding hydrogens is 168 g/mol. The molecule has 0 radical (unpaired) electrons. The zero-order valence-electron chi connectivity index (χ0n) is 7.21. The Morgan fingerprint density at radius 2 is 2.38 bits per heavy atom. The molecule has 0 amide bonds. The van der Waals surface area contributed by atoms with Crippen LogP contribution in [0.3, 0.4) is 0 Å². The second kappa shape index (κ2) is 2.97. The number of H-pyrrole nitrogens is 1. The molecule has 0 aromatic carbocycles. The molecule has 1 aliphatic rings. The Morgan fingerprint density at radius 3 is 3.00 bits per heavy atom. The van der Waals surface area contributed by atoms with Crippen molar-refractivity contribution in [2.45, 2.75) is 12.0 Å². The molecule has 0 bridgehead atoms. The van der Waals surface area contributed by atoms with Gasteiger partial charge in [-0.25, -0.2) is 0 Å². The molecule has 3 N–H and O–H groups in total. The predicted octanol–water partition coefficient (Wildman–Crippen LogP) is -0.444. The van der Waals surface area contributed by atoms with Crippen molar-refractivity contribution in [2.24, 2.45) is 0 Å². The van der Waals surface area contributed by atoms with Gasteiger partial charge in [0.25, 0.3) is 0 Å². The van der Waals surface area contributed by atoms with Gasteiger partial charge in [-0.15, -0.1) is 0 Å². The van der Waals surface area contributed by atoms with Gasteiger partial charge in [-0.05, 0) is 24.6 Å². The molecule has 0 aliphatic carbocycles. The molecule has 1 fully saturated rings. The molecule has 70 valence electrons. The molecule has 4 nitrogen and oxygen atoms in total. The van der Waals surface area contributed by atoms with Gasteiger partial charge in [0.15, 0.2) is 0 Å². The smallest absolute Gasteiger partial charge is 0.248 e. The van der Waals surface area contributed by atoms with Crippen molar-refractivity contribution in [1.29, 1.82) is 0 Å². The first-order valence-electron chi connectivity index (χ1n) is 4.33. The molecule has 13 heavy (non-hydrogen) atoms. The van der Waals surface area contributed by atoms with Crippen LogP contribution in [0, 0.1) is 0 Å². The highest BCUT2D eigenvalue weighted by Gasteiger charge is 2.32. The van der Waals surface area contributed by atoms with Crippen molar-refractivity contribution in [3.8, 4) is 0 Å². The first-order chi connectivity index (χ1) is 6.21. The molecule has 1 aromatic heterocycles. The van der Waals surface area contributed by atoms with Crippen molar-refractivity contribution < 1.29 is 5.11 Å². The minimum Gasteiger partial charge on any atom is -0.384 e. The Balaban J connectivity index is 2.39. The summed E-state index contributed by atoms with van der Waals surface area (Å²) >= 11 is 0. The first kappa shape index (κ1) is 8.47. The van der Waals surface area contributed by atoms with Crippen molar-refractivity contribution >= 4 is 0 Å². The topological polar surface area (TPSA) is 65.1 Å². The maximum Gasteiger partial charge on any atom is 0.248 e. The molecule has 4 heteroatoms. The fourth-order valence-corrected chi connectivity index (χ4v) is 1.66. The summed E-state index contributed by atoms with van der Waals surface area (Å²) < 4.78 is 0. The van der Waals surface area contributed by atoms with Gasteiger partial charge in [-0.3, -0.25) is 4.79 Å². The third-order valence-electron chi connectivity index (χ3n) is 2.45. The van der Waals surface area contributed by atoms with Crippen LogP contribution in [0.25, 0.3) is 0 Å². The SMILES string of the molecule is O=c1cc(C2(O)CCNC2)cc[nH]1. The van der Waals surface area contributed by atoms with Gasteiger partial charge in [0.2, 0.25) is 5.56 Å². The van der Waals surface area contributed by atoms with Crippen LogP contribution >= 0.6 is 0 Å². The minimum atomic E-state index is -0.853. The zero-order valence-corrected chi connectivity index (χ0v) is 7.21. The van der Waals surface area contributed by atoms with Crippen LogP contribution < -0.4 is 10.9 Å². The van der Waals surface area contributed by atoms with E-state index < -0.39 is 5.60 Å². The van der Waals surface area contributed by atoms with Gasteiger partial charge >= 0.3 is 0 Å². The van der Waals surface area contributed by atoms with E-state index in [4.69, 9.17) is 0 Å². The number of aliphatic hydroxyl groups is 1. The Morgan fingerprint density at radius 1 is 1.54 bits per heavy atom. The van der Waals surface area contributed by atoms with E-state index in [0.717, 1.165) is 6.54 Å². The van der Waals surface area contributed by atoms with Crippen LogP contribution in [0.15, 0.2) is 23.1 Å². The monoisotopic (exact) mass is 180 g/mol. The Labute approximate surface area is 75.6 Å². The van der Waals surface area contributed by atoms with E-state index in [-0.39, 0.29) is 5.56 Å². The Bertz CT molecular complexity index is 353. The maximum absolute atomic E-state index is 11.0. The zero-order chi connectivity index (χ0) is 9.31. The average Bonchev–Trinajstić information content (AvgIpc) is 2.54. The van der Waals surface area contributed by atoms with Crippen molar-refractivity contribution in [3.05, 3.63) is 34.2 Å². The average molecular weight is 180 g/mol. The lowest BCUT2D eigenvalue weighted by atomic mass is 9.94. The highest BCUT2D eigenvalue weighted by atomic mass is 16.3. The molecule has 0 saturated carbocycles. The van der Waals surface area contributed by atoms with Gasteiger partial charge in [0, 0.05) is 18.8 Å². The number of nitrogens with one attached hydrogen (secondary N) is 2. The van der Waals surface area contributed by atoms with E-state index in [1.54, 1.807) is 12.3 Å². The van der Waals surface area contributed by atoms with E-state index >= 15 is 0 Å². The number of β-amino-alcohol motifs (C(OH)–C–C–N with tert-alkyl or cyclic N) is 1. The molecule has 1 aromatic rings. The van der Waals surface area contributed by atoms with Gasteiger partial charge in [-0.2, -0.15) is 0 Å². The highest BCUT2D eigenvalue weighted by molar-refractivity contribution is 5.21. The lowest BCUT2D eigenvalue weighted by Crippen LogP contribution is -2.29. The van der Waals surface area contributed by atoms with Crippen LogP contribution in [0.5, 0.6) is 0 Å². The molecular formula is C9H12N2O2. The van der Waals surface area contributed by atoms with Gasteiger partial charge in [-0.1, -0.05) is 0 Å². The molecule has 1 saturated heterocycles. The van der Waals surface area contributed by atoms with E-state index in [1.807, 2.05) is 0 Å². The minimum absolute atomic E-state index is 0.169. The largest absolute Gasteiger partial charge is 0.384 e. The number of aromatic nitrogens is 1. The molecule has 2 heterocycles. The maximum atomic E-state index is 11.0. The molecule has 2 rings (SSSR count). The number of aromatic amines is 1. The summed E-state index contributed by atoms with van der Waals surface area (Å²) in [5, 5.41) is 13.1. The van der Waals surface area contributed by atoms with Crippen molar-refractivity contribution in [3.63, 3.8) is 0 Å². The second-order valence-corrected chi connectivity index (χ2v) is 3.40. The second-order valence-electron chi connectivity index (χ2n) is 3.40. The number of hydrogen-bond donors (Lipinski definition) is 3. The summed E-state index contributed by atoms with van der Waals surface area (Å²) in [6.45, 7) is 1.32. The van der Waals surface area contributed by atoms with Crippen LogP contribution in [0.1, 0.15) is 12.0 Å². The van der Waals surface area contributed by atoms with Crippen LogP contribution in [0.4, 0.5) is 0 Å². The number of hydrogen-bond acceptors (Lipinski definition) is 3. The summed E-state index contributed by atoms with van der Waals surface area (Å²) in [5.74, 6) is 0. The summed E-state index contributed by atoms with van der Waals surface area (Å²) in [6.07, 6.45) is 2.23. The van der Waals surface area contributed by atoms with Gasteiger partial charge < -0.3 is 15.4 Å². The number of pyridine rings is 1. The van der Waals surface area contributed by atoms with Crippen molar-refractivity contribution in [2.75, 3.05) is 13.1 Å². The standard InChI is InChI=1S/C9H12N2O2/c12-8-5-7(1-3-11-8)9(13)2-4-10-6-9/h1,3,5,10,13H,2,4,6H2,(H,11,12). The molecule has 1 aliphatic heterocycles. The summed E-state index contributed by atoms with van der Waals surface area (Å²) in [7, 11) is 0. The summed E-state index contributed by atoms with van der Waals surface area (Å²) in [4.78, 5) is 13.5. The number of rotatable bonds is 1. The van der Waals surface area contributed by atoms with E-state index in [9.17, 15) is 9.90 Å². The van der Waals surface area contributed by atoms with E-state index in [2.05, 4.69) is 10.3 Å². The fourth-order valence-electron chi connectivity index (χ4n) is 1.66. The van der Waals surface area contributed by atoms with Gasteiger partial charge in [0.1, 0.15) is 5.60 Å². The van der Waals surface area contributed by atoms with E-state index in [1.165, 1.54) is 6.07 Å². The quantitative estimate of drug-likeness (QED) is 0.548. The first-order valence-corrected chi connectivity index (χ1v) is 4.33. The Hall–Kier alpha value is -1.13. The predicted molar refractivity (Wildman–Crippen MR) is 48.4 cm³/mol. The molecule has 1 atom stereocenters.